The second-order valence-corrected chi connectivity index (χ2v) is 5.88. The summed E-state index contributed by atoms with van der Waals surface area (Å²) >= 11 is 2.73. The first-order valence-electron chi connectivity index (χ1n) is 5.14. The van der Waals surface area contributed by atoms with E-state index < -0.39 is 0 Å². The quantitative estimate of drug-likeness (QED) is 0.877. The van der Waals surface area contributed by atoms with Gasteiger partial charge in [0, 0.05) is 5.69 Å². The van der Waals surface area contributed by atoms with Crippen molar-refractivity contribution in [2.75, 3.05) is 5.32 Å². The molecule has 0 bridgehead atoms. The Balaban J connectivity index is 1.93. The first-order chi connectivity index (χ1) is 8.65. The summed E-state index contributed by atoms with van der Waals surface area (Å²) in [5.41, 5.74) is 2.19. The van der Waals surface area contributed by atoms with Crippen LogP contribution in [0, 0.1) is 5.82 Å². The molecule has 1 unspecified atom stereocenters. The fourth-order valence-corrected chi connectivity index (χ4v) is 2.82. The average Bonchev–Trinajstić information content (AvgIpc) is 2.85. The Hall–Kier alpha value is -1.47. The van der Waals surface area contributed by atoms with Gasteiger partial charge in [-0.2, -0.15) is 0 Å². The van der Waals surface area contributed by atoms with Gasteiger partial charge >= 0.3 is 0 Å². The van der Waals surface area contributed by atoms with Gasteiger partial charge in [0.15, 0.2) is 4.34 Å². The van der Waals surface area contributed by atoms with Crippen LogP contribution in [-0.4, -0.2) is 21.4 Å². The van der Waals surface area contributed by atoms with Gasteiger partial charge in [-0.25, -0.2) is 4.39 Å². The van der Waals surface area contributed by atoms with E-state index in [0.717, 1.165) is 4.34 Å². The molecule has 1 aromatic heterocycles. The summed E-state index contributed by atoms with van der Waals surface area (Å²) in [5, 5.41) is 9.98. The Morgan fingerprint density at radius 1 is 1.44 bits per heavy atom. The number of amides is 1. The maximum atomic E-state index is 12.7. The van der Waals surface area contributed by atoms with Crippen LogP contribution in [0.25, 0.3) is 0 Å². The Bertz CT molecular complexity index is 516. The molecule has 1 N–H and O–H groups in total. The molecule has 4 nitrogen and oxygen atoms in total. The van der Waals surface area contributed by atoms with Crippen molar-refractivity contribution in [2.24, 2.45) is 0 Å². The minimum absolute atomic E-state index is 0.151. The van der Waals surface area contributed by atoms with Crippen molar-refractivity contribution in [2.45, 2.75) is 16.5 Å². The van der Waals surface area contributed by atoms with Gasteiger partial charge in [0.05, 0.1) is 5.25 Å². The molecule has 94 valence electrons. The third-order valence-electron chi connectivity index (χ3n) is 2.10. The van der Waals surface area contributed by atoms with E-state index in [9.17, 15) is 9.18 Å². The minimum atomic E-state index is -0.329. The van der Waals surface area contributed by atoms with E-state index >= 15 is 0 Å². The van der Waals surface area contributed by atoms with Gasteiger partial charge in [-0.15, -0.1) is 10.2 Å². The molecule has 0 radical (unpaired) electrons. The summed E-state index contributed by atoms with van der Waals surface area (Å²) in [6, 6.07) is 5.65. The smallest absolute Gasteiger partial charge is 0.237 e. The van der Waals surface area contributed by atoms with Gasteiger partial charge in [0.1, 0.15) is 11.3 Å². The Labute approximate surface area is 112 Å². The SMILES string of the molecule is CC(Sc1nncs1)C(=O)Nc1ccc(F)cc1. The molecule has 1 atom stereocenters. The summed E-state index contributed by atoms with van der Waals surface area (Å²) in [7, 11) is 0. The van der Waals surface area contributed by atoms with Crippen LogP contribution in [0.1, 0.15) is 6.92 Å². The topological polar surface area (TPSA) is 54.9 Å². The van der Waals surface area contributed by atoms with Crippen LogP contribution >= 0.6 is 23.1 Å². The minimum Gasteiger partial charge on any atom is -0.325 e. The summed E-state index contributed by atoms with van der Waals surface area (Å²) in [5.74, 6) is -0.480. The third kappa shape index (κ3) is 3.51. The van der Waals surface area contributed by atoms with E-state index in [4.69, 9.17) is 0 Å². The molecule has 0 fully saturated rings. The molecule has 1 heterocycles. The van der Waals surface area contributed by atoms with Crippen molar-refractivity contribution >= 4 is 34.7 Å². The Kier molecular flexibility index (Phi) is 4.27. The van der Waals surface area contributed by atoms with Gasteiger partial charge in [-0.1, -0.05) is 23.1 Å². The molecule has 0 aliphatic rings. The predicted octanol–water partition coefficient (Wildman–Crippen LogP) is 2.80. The number of rotatable bonds is 4. The van der Waals surface area contributed by atoms with Crippen LogP contribution in [0.2, 0.25) is 0 Å². The van der Waals surface area contributed by atoms with Crippen LogP contribution in [-0.2, 0) is 4.79 Å². The van der Waals surface area contributed by atoms with Crippen molar-refractivity contribution < 1.29 is 9.18 Å². The Morgan fingerprint density at radius 3 is 2.78 bits per heavy atom. The van der Waals surface area contributed by atoms with Crippen molar-refractivity contribution in [3.05, 3.63) is 35.6 Å². The number of nitrogens with zero attached hydrogens (tertiary/aromatic N) is 2. The fourth-order valence-electron chi connectivity index (χ4n) is 1.20. The van der Waals surface area contributed by atoms with Crippen molar-refractivity contribution in [1.82, 2.24) is 10.2 Å². The van der Waals surface area contributed by atoms with Gasteiger partial charge in [0.2, 0.25) is 5.91 Å². The lowest BCUT2D eigenvalue weighted by Gasteiger charge is -2.10. The molecular weight excluding hydrogens is 273 g/mol. The first-order valence-corrected chi connectivity index (χ1v) is 6.90. The molecule has 1 aromatic carbocycles. The number of thioether (sulfide) groups is 1. The summed E-state index contributed by atoms with van der Waals surface area (Å²) < 4.78 is 13.5. The molecule has 18 heavy (non-hydrogen) atoms. The number of benzene rings is 1. The number of hydrogen-bond acceptors (Lipinski definition) is 5. The van der Waals surface area contributed by atoms with Crippen molar-refractivity contribution in [3.63, 3.8) is 0 Å². The zero-order valence-corrected chi connectivity index (χ0v) is 11.1. The van der Waals surface area contributed by atoms with Crippen LogP contribution < -0.4 is 5.32 Å². The monoisotopic (exact) mass is 283 g/mol. The number of hydrogen-bond donors (Lipinski definition) is 1. The summed E-state index contributed by atoms with van der Waals surface area (Å²) in [4.78, 5) is 11.9. The second kappa shape index (κ2) is 5.92. The van der Waals surface area contributed by atoms with Gasteiger partial charge in [0.25, 0.3) is 0 Å². The molecule has 0 saturated carbocycles. The lowest BCUT2D eigenvalue weighted by molar-refractivity contribution is -0.115. The summed E-state index contributed by atoms with van der Waals surface area (Å²) in [6.07, 6.45) is 0. The van der Waals surface area contributed by atoms with E-state index in [1.54, 1.807) is 12.4 Å². The zero-order valence-electron chi connectivity index (χ0n) is 9.46. The highest BCUT2D eigenvalue weighted by Gasteiger charge is 2.16. The van der Waals surface area contributed by atoms with Crippen molar-refractivity contribution in [1.29, 1.82) is 0 Å². The zero-order chi connectivity index (χ0) is 13.0. The van der Waals surface area contributed by atoms with Crippen LogP contribution in [0.4, 0.5) is 10.1 Å². The van der Waals surface area contributed by atoms with E-state index in [-0.39, 0.29) is 17.0 Å². The van der Waals surface area contributed by atoms with E-state index in [1.807, 2.05) is 0 Å². The number of halogens is 1. The maximum Gasteiger partial charge on any atom is 0.237 e. The van der Waals surface area contributed by atoms with Crippen molar-refractivity contribution in [3.8, 4) is 0 Å². The molecule has 1 amide bonds. The molecule has 2 aromatic rings. The molecule has 2 rings (SSSR count). The number of carbonyl (C=O) groups is 1. The molecule has 0 aliphatic heterocycles. The largest absolute Gasteiger partial charge is 0.325 e. The number of carbonyl (C=O) groups excluding carboxylic acids is 1. The highest BCUT2D eigenvalue weighted by atomic mass is 32.2. The van der Waals surface area contributed by atoms with Gasteiger partial charge in [-0.05, 0) is 31.2 Å². The van der Waals surface area contributed by atoms with E-state index in [0.29, 0.717) is 5.69 Å². The molecule has 0 aliphatic carbocycles. The van der Waals surface area contributed by atoms with Gasteiger partial charge < -0.3 is 5.32 Å². The standard InChI is InChI=1S/C11H10FN3OS2/c1-7(18-11-15-13-6-17-11)10(16)14-9-4-2-8(12)3-5-9/h2-7H,1H3,(H,14,16). The number of anilines is 1. The second-order valence-electron chi connectivity index (χ2n) is 3.46. The highest BCUT2D eigenvalue weighted by molar-refractivity contribution is 8.02. The van der Waals surface area contributed by atoms with Crippen LogP contribution in [0.3, 0.4) is 0 Å². The molecule has 0 saturated heterocycles. The third-order valence-corrected chi connectivity index (χ3v) is 4.01. The highest BCUT2D eigenvalue weighted by Crippen LogP contribution is 2.24. The maximum absolute atomic E-state index is 12.7. The van der Waals surface area contributed by atoms with Gasteiger partial charge in [-0.3, -0.25) is 4.79 Å². The molecular formula is C11H10FN3OS2. The first kappa shape index (κ1) is 13.0. The Morgan fingerprint density at radius 2 is 2.17 bits per heavy atom. The normalized spacial score (nSPS) is 12.1. The lowest BCUT2D eigenvalue weighted by atomic mass is 10.3. The summed E-state index contributed by atoms with van der Waals surface area (Å²) in [6.45, 7) is 1.78. The lowest BCUT2D eigenvalue weighted by Crippen LogP contribution is -2.22. The van der Waals surface area contributed by atoms with E-state index in [1.165, 1.54) is 47.4 Å². The molecule has 7 heteroatoms. The number of nitrogens with one attached hydrogen (secondary N) is 1. The van der Waals surface area contributed by atoms with E-state index in [2.05, 4.69) is 15.5 Å². The number of aromatic nitrogens is 2. The molecule has 0 spiro atoms. The average molecular weight is 283 g/mol. The predicted molar refractivity (Wildman–Crippen MR) is 70.3 cm³/mol. The van der Waals surface area contributed by atoms with Crippen LogP contribution in [0.5, 0.6) is 0 Å². The fraction of sp³-hybridized carbons (Fsp3) is 0.182. The van der Waals surface area contributed by atoms with Crippen LogP contribution in [0.15, 0.2) is 34.1 Å².